The third-order valence-corrected chi connectivity index (χ3v) is 2.07. The molecule has 0 unspecified atom stereocenters. The Bertz CT molecular complexity index is 340. The number of amides is 1. The van der Waals surface area contributed by atoms with Crippen LogP contribution >= 0.6 is 0 Å². The molecule has 0 spiro atoms. The number of carbonyl (C=O) groups is 1. The topological polar surface area (TPSA) is 50.4 Å². The van der Waals surface area contributed by atoms with E-state index in [1.165, 1.54) is 6.92 Å². The first kappa shape index (κ1) is 12.5. The number of para-hydroxylation sites is 1. The van der Waals surface area contributed by atoms with Crippen molar-refractivity contribution < 1.29 is 9.53 Å². The third kappa shape index (κ3) is 4.31. The summed E-state index contributed by atoms with van der Waals surface area (Å²) >= 11 is 0. The Hall–Kier alpha value is -1.55. The number of benzene rings is 1. The molecule has 4 heteroatoms. The van der Waals surface area contributed by atoms with Gasteiger partial charge in [-0.1, -0.05) is 18.2 Å². The summed E-state index contributed by atoms with van der Waals surface area (Å²) in [6, 6.07) is 7.87. The van der Waals surface area contributed by atoms with Crippen LogP contribution < -0.4 is 15.4 Å². The van der Waals surface area contributed by atoms with E-state index in [4.69, 9.17) is 4.74 Å². The van der Waals surface area contributed by atoms with Crippen molar-refractivity contribution in [1.82, 2.24) is 10.6 Å². The lowest BCUT2D eigenvalue weighted by atomic mass is 10.2. The number of ether oxygens (including phenoxy) is 1. The van der Waals surface area contributed by atoms with Gasteiger partial charge >= 0.3 is 0 Å². The van der Waals surface area contributed by atoms with E-state index in [1.807, 2.05) is 31.3 Å². The maximum atomic E-state index is 10.6. The molecule has 16 heavy (non-hydrogen) atoms. The fraction of sp³-hybridized carbons (Fsp3) is 0.417. The van der Waals surface area contributed by atoms with Crippen LogP contribution in [0.1, 0.15) is 12.5 Å². The van der Waals surface area contributed by atoms with E-state index in [9.17, 15) is 4.79 Å². The molecule has 1 rings (SSSR count). The quantitative estimate of drug-likeness (QED) is 0.704. The first-order valence-corrected chi connectivity index (χ1v) is 5.33. The van der Waals surface area contributed by atoms with Gasteiger partial charge in [-0.3, -0.25) is 4.79 Å². The van der Waals surface area contributed by atoms with Crippen LogP contribution in [0, 0.1) is 0 Å². The zero-order valence-corrected chi connectivity index (χ0v) is 9.75. The molecule has 0 atom stereocenters. The minimum atomic E-state index is -0.0351. The molecule has 0 aliphatic carbocycles. The smallest absolute Gasteiger partial charge is 0.216 e. The number of hydrogen-bond donors (Lipinski definition) is 2. The van der Waals surface area contributed by atoms with E-state index in [0.29, 0.717) is 13.2 Å². The number of carbonyl (C=O) groups excluding carboxylic acids is 1. The normalized spacial score (nSPS) is 9.88. The van der Waals surface area contributed by atoms with Gasteiger partial charge in [-0.25, -0.2) is 0 Å². The summed E-state index contributed by atoms with van der Waals surface area (Å²) in [6.07, 6.45) is 0. The summed E-state index contributed by atoms with van der Waals surface area (Å²) in [5.74, 6) is 0.828. The van der Waals surface area contributed by atoms with Crippen molar-refractivity contribution in [2.24, 2.45) is 0 Å². The first-order chi connectivity index (χ1) is 7.74. The van der Waals surface area contributed by atoms with E-state index in [2.05, 4.69) is 10.6 Å². The van der Waals surface area contributed by atoms with Crippen LogP contribution in [0.25, 0.3) is 0 Å². The van der Waals surface area contributed by atoms with Gasteiger partial charge in [0.2, 0.25) is 5.91 Å². The molecule has 0 bridgehead atoms. The number of rotatable bonds is 6. The molecule has 0 fully saturated rings. The third-order valence-electron chi connectivity index (χ3n) is 2.07. The van der Waals surface area contributed by atoms with E-state index in [0.717, 1.165) is 17.9 Å². The molecular weight excluding hydrogens is 204 g/mol. The van der Waals surface area contributed by atoms with Crippen LogP contribution in [0.4, 0.5) is 0 Å². The summed E-state index contributed by atoms with van der Waals surface area (Å²) < 4.78 is 5.59. The molecule has 88 valence electrons. The highest BCUT2D eigenvalue weighted by molar-refractivity contribution is 5.72. The van der Waals surface area contributed by atoms with Crippen LogP contribution in [0.5, 0.6) is 5.75 Å². The Morgan fingerprint density at radius 2 is 2.12 bits per heavy atom. The zero-order chi connectivity index (χ0) is 11.8. The minimum Gasteiger partial charge on any atom is -0.491 e. The molecule has 0 aromatic heterocycles. The molecule has 0 radical (unpaired) electrons. The molecule has 0 aliphatic rings. The van der Waals surface area contributed by atoms with E-state index < -0.39 is 0 Å². The van der Waals surface area contributed by atoms with Crippen LogP contribution in [-0.4, -0.2) is 26.1 Å². The maximum Gasteiger partial charge on any atom is 0.216 e. The Morgan fingerprint density at radius 3 is 2.81 bits per heavy atom. The van der Waals surface area contributed by atoms with E-state index >= 15 is 0 Å². The summed E-state index contributed by atoms with van der Waals surface area (Å²) in [6.45, 7) is 3.29. The highest BCUT2D eigenvalue weighted by Crippen LogP contribution is 2.17. The van der Waals surface area contributed by atoms with Crippen molar-refractivity contribution >= 4 is 5.91 Å². The van der Waals surface area contributed by atoms with Crippen molar-refractivity contribution in [3.05, 3.63) is 29.8 Å². The number of nitrogens with one attached hydrogen (secondary N) is 2. The van der Waals surface area contributed by atoms with Gasteiger partial charge in [0.1, 0.15) is 12.4 Å². The Kier molecular flexibility index (Phi) is 5.36. The SMILES string of the molecule is CNCc1ccccc1OCCNC(C)=O. The fourth-order valence-electron chi connectivity index (χ4n) is 1.37. The lowest BCUT2D eigenvalue weighted by molar-refractivity contribution is -0.119. The minimum absolute atomic E-state index is 0.0351. The summed E-state index contributed by atoms with van der Waals surface area (Å²) in [5, 5.41) is 5.77. The molecule has 1 amide bonds. The predicted octanol–water partition coefficient (Wildman–Crippen LogP) is 0.921. The van der Waals surface area contributed by atoms with Gasteiger partial charge in [0.25, 0.3) is 0 Å². The average molecular weight is 222 g/mol. The second-order valence-corrected chi connectivity index (χ2v) is 3.47. The van der Waals surface area contributed by atoms with Crippen LogP contribution in [0.2, 0.25) is 0 Å². The first-order valence-electron chi connectivity index (χ1n) is 5.33. The van der Waals surface area contributed by atoms with Gasteiger partial charge in [-0.05, 0) is 13.1 Å². The monoisotopic (exact) mass is 222 g/mol. The molecule has 1 aromatic carbocycles. The predicted molar refractivity (Wildman–Crippen MR) is 63.4 cm³/mol. The number of hydrogen-bond acceptors (Lipinski definition) is 3. The molecule has 0 heterocycles. The van der Waals surface area contributed by atoms with Crippen molar-refractivity contribution in [3.63, 3.8) is 0 Å². The van der Waals surface area contributed by atoms with Gasteiger partial charge in [0.05, 0.1) is 6.54 Å². The highest BCUT2D eigenvalue weighted by Gasteiger charge is 2.01. The molecule has 0 saturated heterocycles. The molecule has 1 aromatic rings. The lowest BCUT2D eigenvalue weighted by Crippen LogP contribution is -2.25. The maximum absolute atomic E-state index is 10.6. The van der Waals surface area contributed by atoms with Gasteiger partial charge in [0, 0.05) is 19.0 Å². The van der Waals surface area contributed by atoms with Crippen molar-refractivity contribution in [3.8, 4) is 5.75 Å². The van der Waals surface area contributed by atoms with Crippen LogP contribution in [-0.2, 0) is 11.3 Å². The standard InChI is InChI=1S/C12H18N2O2/c1-10(15)14-7-8-16-12-6-4-3-5-11(12)9-13-2/h3-6,13H,7-9H2,1-2H3,(H,14,15). The Balaban J connectivity index is 2.43. The summed E-state index contributed by atoms with van der Waals surface area (Å²) in [7, 11) is 1.90. The second-order valence-electron chi connectivity index (χ2n) is 3.47. The van der Waals surface area contributed by atoms with Gasteiger partial charge in [-0.2, -0.15) is 0 Å². The van der Waals surface area contributed by atoms with Crippen molar-refractivity contribution in [2.45, 2.75) is 13.5 Å². The molecule has 4 nitrogen and oxygen atoms in total. The molecule has 2 N–H and O–H groups in total. The van der Waals surface area contributed by atoms with Gasteiger partial charge < -0.3 is 15.4 Å². The molecule has 0 aliphatic heterocycles. The average Bonchev–Trinajstić information content (AvgIpc) is 2.26. The van der Waals surface area contributed by atoms with E-state index in [1.54, 1.807) is 0 Å². The van der Waals surface area contributed by atoms with Crippen molar-refractivity contribution in [2.75, 3.05) is 20.2 Å². The summed E-state index contributed by atoms with van der Waals surface area (Å²) in [4.78, 5) is 10.6. The van der Waals surface area contributed by atoms with Gasteiger partial charge in [-0.15, -0.1) is 0 Å². The summed E-state index contributed by atoms with van der Waals surface area (Å²) in [5.41, 5.74) is 1.12. The zero-order valence-electron chi connectivity index (χ0n) is 9.75. The van der Waals surface area contributed by atoms with Crippen LogP contribution in [0.15, 0.2) is 24.3 Å². The Labute approximate surface area is 96.0 Å². The molecular formula is C12H18N2O2. The largest absolute Gasteiger partial charge is 0.491 e. The van der Waals surface area contributed by atoms with Crippen LogP contribution in [0.3, 0.4) is 0 Å². The molecule has 0 saturated carbocycles. The van der Waals surface area contributed by atoms with E-state index in [-0.39, 0.29) is 5.91 Å². The second kappa shape index (κ2) is 6.85. The fourth-order valence-corrected chi connectivity index (χ4v) is 1.37. The van der Waals surface area contributed by atoms with Crippen molar-refractivity contribution in [1.29, 1.82) is 0 Å². The lowest BCUT2D eigenvalue weighted by Gasteiger charge is -2.11. The Morgan fingerprint density at radius 1 is 1.38 bits per heavy atom. The highest BCUT2D eigenvalue weighted by atomic mass is 16.5. The van der Waals surface area contributed by atoms with Gasteiger partial charge in [0.15, 0.2) is 0 Å².